The quantitative estimate of drug-likeness (QED) is 0.210. The van der Waals surface area contributed by atoms with E-state index in [1.807, 2.05) is 0 Å². The summed E-state index contributed by atoms with van der Waals surface area (Å²) in [6.45, 7) is 2.76. The summed E-state index contributed by atoms with van der Waals surface area (Å²) in [7, 11) is 1.17. The molecule has 0 unspecified atom stereocenters. The van der Waals surface area contributed by atoms with E-state index in [9.17, 15) is 27.2 Å². The fraction of sp³-hybridized carbons (Fsp3) is 0.185. The number of aromatic nitrogens is 3. The summed E-state index contributed by atoms with van der Waals surface area (Å²) < 4.78 is 101. The summed E-state index contributed by atoms with van der Waals surface area (Å²) in [5, 5.41) is 9.28. The first-order valence-corrected chi connectivity index (χ1v) is 13.0. The minimum Gasteiger partial charge on any atom is -0.490 e. The molecular formula is C27H19F6N7O2S. The van der Waals surface area contributed by atoms with Crippen LogP contribution in [0, 0.1) is 28.8 Å². The number of alkyl halides is 3. The van der Waals surface area contributed by atoms with Gasteiger partial charge in [-0.3, -0.25) is 0 Å². The number of halogens is 6. The number of methoxy groups -OCH3 is 1. The lowest BCUT2D eigenvalue weighted by Crippen LogP contribution is -2.28. The molecule has 0 aliphatic carbocycles. The Bertz CT molecular complexity index is 1840. The van der Waals surface area contributed by atoms with Gasteiger partial charge in [-0.05, 0) is 18.2 Å². The van der Waals surface area contributed by atoms with E-state index < -0.39 is 73.4 Å². The van der Waals surface area contributed by atoms with Crippen molar-refractivity contribution in [3.63, 3.8) is 0 Å². The highest BCUT2D eigenvalue weighted by Crippen LogP contribution is 2.52. The van der Waals surface area contributed by atoms with Crippen LogP contribution in [0.2, 0.25) is 0 Å². The smallest absolute Gasteiger partial charge is 0.420 e. The molecule has 9 nitrogen and oxygen atoms in total. The van der Waals surface area contributed by atoms with Crippen molar-refractivity contribution in [2.45, 2.75) is 17.6 Å². The number of anilines is 2. The van der Waals surface area contributed by atoms with E-state index in [1.165, 1.54) is 12.0 Å². The molecule has 3 heterocycles. The van der Waals surface area contributed by atoms with Gasteiger partial charge in [0.2, 0.25) is 0 Å². The zero-order chi connectivity index (χ0) is 31.2. The molecule has 2 aromatic carbocycles. The first-order chi connectivity index (χ1) is 20.3. The fourth-order valence-electron chi connectivity index (χ4n) is 4.70. The van der Waals surface area contributed by atoms with Crippen molar-refractivity contribution in [3.05, 3.63) is 70.1 Å². The SMILES string of the molecule is C=C(N)Sc1c(F)ccc(-c2c(C(F)(F)F)c3c4c(nc(OC)nc4c2F)N(Cc2cc(F)cnc2N)CCO3)c1C#N. The van der Waals surface area contributed by atoms with E-state index in [4.69, 9.17) is 20.9 Å². The van der Waals surface area contributed by atoms with Crippen molar-refractivity contribution in [1.82, 2.24) is 15.0 Å². The highest BCUT2D eigenvalue weighted by atomic mass is 32.2. The average molecular weight is 620 g/mol. The second-order valence-electron chi connectivity index (χ2n) is 9.10. The molecule has 16 heteroatoms. The van der Waals surface area contributed by atoms with Crippen molar-refractivity contribution in [3.8, 4) is 29.0 Å². The van der Waals surface area contributed by atoms with Crippen molar-refractivity contribution >= 4 is 34.3 Å². The summed E-state index contributed by atoms with van der Waals surface area (Å²) >= 11 is 0.501. The molecule has 0 bridgehead atoms. The van der Waals surface area contributed by atoms with Crippen molar-refractivity contribution in [2.75, 3.05) is 30.9 Å². The molecule has 0 spiro atoms. The highest BCUT2D eigenvalue weighted by Gasteiger charge is 2.44. The summed E-state index contributed by atoms with van der Waals surface area (Å²) in [6.07, 6.45) is -4.36. The molecule has 4 aromatic rings. The lowest BCUT2D eigenvalue weighted by Gasteiger charge is -2.24. The summed E-state index contributed by atoms with van der Waals surface area (Å²) in [4.78, 5) is 12.9. The Balaban J connectivity index is 1.88. The molecule has 0 amide bonds. The molecule has 1 aliphatic rings. The Kier molecular flexibility index (Phi) is 7.61. The van der Waals surface area contributed by atoms with E-state index in [2.05, 4.69) is 21.5 Å². The van der Waals surface area contributed by atoms with Crippen molar-refractivity contribution in [1.29, 1.82) is 5.26 Å². The van der Waals surface area contributed by atoms with Crippen LogP contribution in [0.15, 0.2) is 40.9 Å². The Morgan fingerprint density at radius 1 is 1.26 bits per heavy atom. The number of benzene rings is 2. The number of hydrogen-bond acceptors (Lipinski definition) is 10. The normalized spacial score (nSPS) is 12.9. The molecule has 2 aromatic heterocycles. The number of hydrogen-bond donors (Lipinski definition) is 2. The molecule has 0 saturated carbocycles. The zero-order valence-electron chi connectivity index (χ0n) is 22.0. The Morgan fingerprint density at radius 3 is 2.65 bits per heavy atom. The van der Waals surface area contributed by atoms with Crippen LogP contribution in [0.5, 0.6) is 11.8 Å². The third-order valence-electron chi connectivity index (χ3n) is 6.43. The number of rotatable bonds is 6. The molecular weight excluding hydrogens is 600 g/mol. The number of thioether (sulfide) groups is 1. The van der Waals surface area contributed by atoms with Crippen molar-refractivity contribution < 1.29 is 35.8 Å². The molecule has 0 fully saturated rings. The van der Waals surface area contributed by atoms with Gasteiger partial charge >= 0.3 is 12.2 Å². The molecule has 0 atom stereocenters. The van der Waals surface area contributed by atoms with Gasteiger partial charge in [0.15, 0.2) is 5.82 Å². The van der Waals surface area contributed by atoms with Crippen LogP contribution >= 0.6 is 11.8 Å². The lowest BCUT2D eigenvalue weighted by molar-refractivity contribution is -0.138. The Morgan fingerprint density at radius 2 is 2.00 bits per heavy atom. The maximum absolute atomic E-state index is 16.5. The predicted octanol–water partition coefficient (Wildman–Crippen LogP) is 5.51. The average Bonchev–Trinajstić information content (AvgIpc) is 3.12. The maximum Gasteiger partial charge on any atom is 0.420 e. The lowest BCUT2D eigenvalue weighted by atomic mass is 9.92. The number of nitrogen functional groups attached to an aromatic ring is 1. The Hall–Kier alpha value is -4.91. The van der Waals surface area contributed by atoms with Crippen molar-refractivity contribution in [2.24, 2.45) is 5.73 Å². The van der Waals surface area contributed by atoms with Gasteiger partial charge < -0.3 is 25.8 Å². The van der Waals surface area contributed by atoms with Crippen LogP contribution < -0.4 is 25.8 Å². The Labute approximate surface area is 243 Å². The van der Waals surface area contributed by atoms with Crippen LogP contribution in [0.25, 0.3) is 22.0 Å². The molecule has 0 saturated heterocycles. The molecule has 1 aliphatic heterocycles. The van der Waals surface area contributed by atoms with Crippen LogP contribution in [0.4, 0.5) is 38.0 Å². The predicted molar refractivity (Wildman–Crippen MR) is 145 cm³/mol. The van der Waals surface area contributed by atoms with E-state index in [0.29, 0.717) is 11.8 Å². The first kappa shape index (κ1) is 29.6. The van der Waals surface area contributed by atoms with Gasteiger partial charge in [-0.25, -0.2) is 18.2 Å². The van der Waals surface area contributed by atoms with E-state index in [-0.39, 0.29) is 41.9 Å². The van der Waals surface area contributed by atoms with Gasteiger partial charge in [0.25, 0.3) is 0 Å². The van der Waals surface area contributed by atoms with Gasteiger partial charge in [-0.1, -0.05) is 18.3 Å². The van der Waals surface area contributed by atoms with Gasteiger partial charge in [-0.2, -0.15) is 28.4 Å². The molecule has 43 heavy (non-hydrogen) atoms. The number of nitrogens with two attached hydrogens (primary N) is 2. The zero-order valence-corrected chi connectivity index (χ0v) is 22.8. The number of pyridine rings is 1. The van der Waals surface area contributed by atoms with Gasteiger partial charge in [-0.15, -0.1) is 0 Å². The largest absolute Gasteiger partial charge is 0.490 e. The van der Waals surface area contributed by atoms with Gasteiger partial charge in [0.05, 0.1) is 40.7 Å². The number of nitrogens with zero attached hydrogens (tertiary/aromatic N) is 5. The van der Waals surface area contributed by atoms with Crippen LogP contribution in [0.3, 0.4) is 0 Å². The topological polar surface area (TPSA) is 136 Å². The third-order valence-corrected chi connectivity index (χ3v) is 7.29. The molecule has 222 valence electrons. The fourth-order valence-corrected chi connectivity index (χ4v) is 5.39. The van der Waals surface area contributed by atoms with Gasteiger partial charge in [0, 0.05) is 23.2 Å². The van der Waals surface area contributed by atoms with E-state index in [1.54, 1.807) is 6.07 Å². The highest BCUT2D eigenvalue weighted by molar-refractivity contribution is 8.03. The standard InChI is InChI=1S/C27H19F6N7O2S/c1-11(35)43-23-15(8-34)14(3-4-16(23)29)17-19(27(31,32)33)22-18-21(20(17)30)38-26(41-2)39-25(18)40(5-6-42-22)10-12-7-13(28)9-37-24(12)36/h3-4,7,9H,1,5-6,10,35H2,2H3,(H2,36,37). The second kappa shape index (κ2) is 11.1. The van der Waals surface area contributed by atoms with Crippen LogP contribution in [-0.4, -0.2) is 35.2 Å². The monoisotopic (exact) mass is 619 g/mol. The van der Waals surface area contributed by atoms with Crippen LogP contribution in [-0.2, 0) is 12.7 Å². The number of nitriles is 1. The second-order valence-corrected chi connectivity index (χ2v) is 10.2. The molecule has 4 N–H and O–H groups in total. The van der Waals surface area contributed by atoms with E-state index in [0.717, 1.165) is 24.4 Å². The first-order valence-electron chi connectivity index (χ1n) is 12.2. The number of ether oxygens (including phenoxy) is 2. The summed E-state index contributed by atoms with van der Waals surface area (Å²) in [6, 6.07) is 3.98. The minimum absolute atomic E-state index is 0.0456. The summed E-state index contributed by atoms with van der Waals surface area (Å²) in [5.41, 5.74) is 7.12. The molecule has 0 radical (unpaired) electrons. The third kappa shape index (κ3) is 5.27. The minimum atomic E-state index is -5.26. The maximum atomic E-state index is 16.5. The van der Waals surface area contributed by atoms with E-state index >= 15 is 4.39 Å². The van der Waals surface area contributed by atoms with Crippen LogP contribution in [0.1, 0.15) is 16.7 Å². The molecule has 5 rings (SSSR count). The summed E-state index contributed by atoms with van der Waals surface area (Å²) in [5.74, 6) is -4.28. The van der Waals surface area contributed by atoms with Gasteiger partial charge in [0.1, 0.15) is 52.8 Å².